The minimum absolute atomic E-state index is 0.133. The van der Waals surface area contributed by atoms with E-state index in [1.54, 1.807) is 26.1 Å². The van der Waals surface area contributed by atoms with Gasteiger partial charge in [0, 0.05) is 25.2 Å². The average Bonchev–Trinajstić information content (AvgIpc) is 2.67. The van der Waals surface area contributed by atoms with Gasteiger partial charge in [-0.1, -0.05) is 31.4 Å². The molecule has 0 bridgehead atoms. The molecular formula is C20H30N4O3. The Morgan fingerprint density at radius 3 is 2.33 bits per heavy atom. The number of benzene rings is 1. The van der Waals surface area contributed by atoms with Crippen molar-refractivity contribution >= 4 is 17.8 Å². The molecule has 7 heteroatoms. The molecule has 1 fully saturated rings. The van der Waals surface area contributed by atoms with E-state index < -0.39 is 12.1 Å². The van der Waals surface area contributed by atoms with Crippen LogP contribution in [0.15, 0.2) is 24.3 Å². The maximum absolute atomic E-state index is 12.3. The summed E-state index contributed by atoms with van der Waals surface area (Å²) in [6, 6.07) is 6.53. The van der Waals surface area contributed by atoms with Gasteiger partial charge in [-0.05, 0) is 44.5 Å². The van der Waals surface area contributed by atoms with E-state index in [9.17, 15) is 14.4 Å². The number of likely N-dealkylation sites (N-methyl/N-ethyl adjacent to an activating group) is 1. The van der Waals surface area contributed by atoms with Gasteiger partial charge in [0.25, 0.3) is 5.91 Å². The molecule has 0 heterocycles. The smallest absolute Gasteiger partial charge is 0.321 e. The highest BCUT2D eigenvalue weighted by Gasteiger charge is 2.22. The zero-order valence-corrected chi connectivity index (χ0v) is 16.4. The molecule has 0 aliphatic heterocycles. The van der Waals surface area contributed by atoms with Crippen molar-refractivity contribution < 1.29 is 14.4 Å². The van der Waals surface area contributed by atoms with Crippen LogP contribution >= 0.6 is 0 Å². The molecule has 1 aliphatic rings. The largest absolute Gasteiger partial charge is 0.355 e. The Morgan fingerprint density at radius 2 is 1.74 bits per heavy atom. The molecule has 0 saturated heterocycles. The summed E-state index contributed by atoms with van der Waals surface area (Å²) in [6.45, 7) is 2.30. The second-order valence-corrected chi connectivity index (χ2v) is 7.16. The predicted octanol–water partition coefficient (Wildman–Crippen LogP) is 2.02. The molecule has 7 nitrogen and oxygen atoms in total. The lowest BCUT2D eigenvalue weighted by atomic mass is 9.96. The molecular weight excluding hydrogens is 344 g/mol. The summed E-state index contributed by atoms with van der Waals surface area (Å²) in [6.07, 6.45) is 5.41. The Bertz CT molecular complexity index is 654. The maximum Gasteiger partial charge on any atom is 0.321 e. The SMILES string of the molecule is CNC(=O)c1ccc(CN(C)[C@H](C)C(=O)NC(=O)NC2CCCCC2)cc1. The maximum atomic E-state index is 12.3. The number of imide groups is 1. The number of hydrogen-bond acceptors (Lipinski definition) is 4. The second-order valence-electron chi connectivity index (χ2n) is 7.16. The standard InChI is InChI=1S/C20H30N4O3/c1-14(18(25)23-20(27)22-17-7-5-4-6-8-17)24(3)13-15-9-11-16(12-10-15)19(26)21-2/h9-12,14,17H,4-8,13H2,1-3H3,(H,21,26)(H2,22,23,25,27)/t14-/m1/s1. The molecule has 4 amide bonds. The van der Waals surface area contributed by atoms with Gasteiger partial charge in [0.05, 0.1) is 6.04 Å². The van der Waals surface area contributed by atoms with Crippen molar-refractivity contribution in [1.29, 1.82) is 0 Å². The molecule has 1 aromatic carbocycles. The Balaban J connectivity index is 1.82. The topological polar surface area (TPSA) is 90.5 Å². The monoisotopic (exact) mass is 374 g/mol. The van der Waals surface area contributed by atoms with Gasteiger partial charge >= 0.3 is 6.03 Å². The zero-order valence-electron chi connectivity index (χ0n) is 16.4. The van der Waals surface area contributed by atoms with Crippen LogP contribution in [0.3, 0.4) is 0 Å². The Labute approximate surface area is 160 Å². The van der Waals surface area contributed by atoms with Crippen molar-refractivity contribution in [2.24, 2.45) is 0 Å². The number of rotatable bonds is 6. The quantitative estimate of drug-likeness (QED) is 0.711. The van der Waals surface area contributed by atoms with Crippen LogP contribution in [-0.4, -0.2) is 48.9 Å². The molecule has 148 valence electrons. The molecule has 0 radical (unpaired) electrons. The molecule has 1 aromatic rings. The molecule has 1 atom stereocenters. The summed E-state index contributed by atoms with van der Waals surface area (Å²) in [5, 5.41) is 7.91. The van der Waals surface area contributed by atoms with Crippen LogP contribution in [0.5, 0.6) is 0 Å². The Hall–Kier alpha value is -2.41. The van der Waals surface area contributed by atoms with Gasteiger partial charge in [-0.2, -0.15) is 0 Å². The van der Waals surface area contributed by atoms with E-state index >= 15 is 0 Å². The first-order valence-corrected chi connectivity index (χ1v) is 9.53. The zero-order chi connectivity index (χ0) is 19.8. The number of carbonyl (C=O) groups excluding carboxylic acids is 3. The van der Waals surface area contributed by atoms with Crippen LogP contribution in [0.4, 0.5) is 4.79 Å². The summed E-state index contributed by atoms with van der Waals surface area (Å²) in [5.74, 6) is -0.459. The summed E-state index contributed by atoms with van der Waals surface area (Å²) >= 11 is 0. The second kappa shape index (κ2) is 10.1. The van der Waals surface area contributed by atoms with Crippen LogP contribution in [0, 0.1) is 0 Å². The number of amides is 4. The highest BCUT2D eigenvalue weighted by Crippen LogP contribution is 2.17. The van der Waals surface area contributed by atoms with Gasteiger partial charge in [0.2, 0.25) is 5.91 Å². The van der Waals surface area contributed by atoms with E-state index in [1.165, 1.54) is 6.42 Å². The lowest BCUT2D eigenvalue weighted by Gasteiger charge is -2.25. The van der Waals surface area contributed by atoms with Crippen LogP contribution in [-0.2, 0) is 11.3 Å². The molecule has 0 spiro atoms. The molecule has 2 rings (SSSR count). The first-order valence-electron chi connectivity index (χ1n) is 9.53. The number of carbonyl (C=O) groups is 3. The first kappa shape index (κ1) is 20.9. The molecule has 0 unspecified atom stereocenters. The minimum Gasteiger partial charge on any atom is -0.355 e. The molecule has 1 aliphatic carbocycles. The highest BCUT2D eigenvalue weighted by atomic mass is 16.2. The molecule has 27 heavy (non-hydrogen) atoms. The van der Waals surface area contributed by atoms with Gasteiger partial charge in [-0.3, -0.25) is 19.8 Å². The number of nitrogens with one attached hydrogen (secondary N) is 3. The molecule has 0 aromatic heterocycles. The fourth-order valence-corrected chi connectivity index (χ4v) is 3.22. The minimum atomic E-state index is -0.458. The van der Waals surface area contributed by atoms with Crippen LogP contribution in [0.1, 0.15) is 54.9 Å². The fraction of sp³-hybridized carbons (Fsp3) is 0.550. The van der Waals surface area contributed by atoms with E-state index in [-0.39, 0.29) is 17.9 Å². The lowest BCUT2D eigenvalue weighted by molar-refractivity contribution is -0.124. The summed E-state index contributed by atoms with van der Waals surface area (Å²) < 4.78 is 0. The van der Waals surface area contributed by atoms with Gasteiger partial charge in [-0.25, -0.2) is 4.79 Å². The Morgan fingerprint density at radius 1 is 1.11 bits per heavy atom. The van der Waals surface area contributed by atoms with Crippen molar-refractivity contribution in [1.82, 2.24) is 20.9 Å². The van der Waals surface area contributed by atoms with Gasteiger partial charge in [-0.15, -0.1) is 0 Å². The Kier molecular flexibility index (Phi) is 7.79. The highest BCUT2D eigenvalue weighted by molar-refractivity contribution is 5.97. The third kappa shape index (κ3) is 6.36. The van der Waals surface area contributed by atoms with Crippen molar-refractivity contribution in [2.75, 3.05) is 14.1 Å². The predicted molar refractivity (Wildman–Crippen MR) is 104 cm³/mol. The number of nitrogens with zero attached hydrogens (tertiary/aromatic N) is 1. The summed E-state index contributed by atoms with van der Waals surface area (Å²) in [5.41, 5.74) is 1.57. The molecule has 1 saturated carbocycles. The lowest BCUT2D eigenvalue weighted by Crippen LogP contribution is -2.50. The van der Waals surface area contributed by atoms with E-state index in [2.05, 4.69) is 16.0 Å². The van der Waals surface area contributed by atoms with Gasteiger partial charge < -0.3 is 10.6 Å². The van der Waals surface area contributed by atoms with Crippen molar-refractivity contribution in [3.05, 3.63) is 35.4 Å². The number of urea groups is 1. The average molecular weight is 374 g/mol. The van der Waals surface area contributed by atoms with Crippen molar-refractivity contribution in [2.45, 2.75) is 57.7 Å². The van der Waals surface area contributed by atoms with Crippen LogP contribution in [0.2, 0.25) is 0 Å². The van der Waals surface area contributed by atoms with Gasteiger partial charge in [0.1, 0.15) is 0 Å². The normalized spacial score (nSPS) is 15.9. The van der Waals surface area contributed by atoms with Gasteiger partial charge in [0.15, 0.2) is 0 Å². The summed E-state index contributed by atoms with van der Waals surface area (Å²) in [7, 11) is 3.42. The third-order valence-electron chi connectivity index (χ3n) is 5.09. The van der Waals surface area contributed by atoms with E-state index in [0.717, 1.165) is 31.2 Å². The van der Waals surface area contributed by atoms with Crippen molar-refractivity contribution in [3.63, 3.8) is 0 Å². The van der Waals surface area contributed by atoms with E-state index in [1.807, 2.05) is 24.1 Å². The van der Waals surface area contributed by atoms with Crippen LogP contribution < -0.4 is 16.0 Å². The van der Waals surface area contributed by atoms with Crippen LogP contribution in [0.25, 0.3) is 0 Å². The summed E-state index contributed by atoms with van der Waals surface area (Å²) in [4.78, 5) is 37.8. The fourth-order valence-electron chi connectivity index (χ4n) is 3.22. The van der Waals surface area contributed by atoms with E-state index in [0.29, 0.717) is 12.1 Å². The molecule has 3 N–H and O–H groups in total. The van der Waals surface area contributed by atoms with E-state index in [4.69, 9.17) is 0 Å². The first-order chi connectivity index (χ1) is 12.9. The third-order valence-corrected chi connectivity index (χ3v) is 5.09. The number of hydrogen-bond donors (Lipinski definition) is 3. The van der Waals surface area contributed by atoms with Crippen molar-refractivity contribution in [3.8, 4) is 0 Å².